The highest BCUT2D eigenvalue weighted by Gasteiger charge is 2.24. The second-order valence-electron chi connectivity index (χ2n) is 6.04. The normalized spacial score (nSPS) is 16.6. The van der Waals surface area contributed by atoms with Crippen molar-refractivity contribution < 1.29 is 19.1 Å². The average Bonchev–Trinajstić information content (AvgIpc) is 2.63. The molecule has 0 aromatic heterocycles. The summed E-state index contributed by atoms with van der Waals surface area (Å²) in [6, 6.07) is 11.9. The van der Waals surface area contributed by atoms with E-state index in [2.05, 4.69) is 16.0 Å². The Kier molecular flexibility index (Phi) is 4.97. The van der Waals surface area contributed by atoms with Gasteiger partial charge >= 0.3 is 0 Å². The molecule has 2 aromatic rings. The first kappa shape index (κ1) is 17.6. The molecule has 136 valence electrons. The van der Waals surface area contributed by atoms with Crippen LogP contribution < -0.4 is 25.4 Å². The van der Waals surface area contributed by atoms with Crippen LogP contribution in [0.3, 0.4) is 0 Å². The highest BCUT2D eigenvalue weighted by atomic mass is 16.5. The van der Waals surface area contributed by atoms with Gasteiger partial charge in [-0.05, 0) is 56.3 Å². The zero-order valence-corrected chi connectivity index (χ0v) is 14.8. The number of anilines is 3. The summed E-state index contributed by atoms with van der Waals surface area (Å²) in [5.41, 5.74) is 1.98. The summed E-state index contributed by atoms with van der Waals surface area (Å²) < 4.78 is 10.6. The average molecular weight is 355 g/mol. The lowest BCUT2D eigenvalue weighted by Gasteiger charge is -2.24. The standard InChI is InChI=1S/C19H21N3O4/c1-11(18(23)21-13-4-7-15(25-3)8-5-13)20-14-6-9-17-16(10-14)22-19(24)12(2)26-17/h4-12,20H,1-3H3,(H,21,23)(H,22,24). The maximum Gasteiger partial charge on any atom is 0.265 e. The number of fused-ring (bicyclic) bond motifs is 1. The van der Waals surface area contributed by atoms with E-state index >= 15 is 0 Å². The van der Waals surface area contributed by atoms with Crippen molar-refractivity contribution in [1.29, 1.82) is 0 Å². The molecule has 0 spiro atoms. The van der Waals surface area contributed by atoms with Crippen LogP contribution in [0.1, 0.15) is 13.8 Å². The fraction of sp³-hybridized carbons (Fsp3) is 0.263. The third-order valence-corrected chi connectivity index (χ3v) is 4.04. The van der Waals surface area contributed by atoms with E-state index in [0.717, 1.165) is 5.75 Å². The first-order valence-electron chi connectivity index (χ1n) is 8.29. The highest BCUT2D eigenvalue weighted by molar-refractivity contribution is 5.99. The van der Waals surface area contributed by atoms with Crippen LogP contribution >= 0.6 is 0 Å². The summed E-state index contributed by atoms with van der Waals surface area (Å²) in [5, 5.41) is 8.74. The molecular formula is C19H21N3O4. The number of hydrogen-bond donors (Lipinski definition) is 3. The van der Waals surface area contributed by atoms with Crippen molar-refractivity contribution in [3.05, 3.63) is 42.5 Å². The molecule has 3 N–H and O–H groups in total. The van der Waals surface area contributed by atoms with Crippen LogP contribution in [-0.4, -0.2) is 31.1 Å². The van der Waals surface area contributed by atoms with Crippen LogP contribution in [0.5, 0.6) is 11.5 Å². The molecule has 2 aromatic carbocycles. The molecule has 0 fully saturated rings. The van der Waals surface area contributed by atoms with Crippen molar-refractivity contribution in [3.8, 4) is 11.5 Å². The number of benzene rings is 2. The van der Waals surface area contributed by atoms with Gasteiger partial charge in [0.2, 0.25) is 5.91 Å². The lowest BCUT2D eigenvalue weighted by molar-refractivity contribution is -0.122. The van der Waals surface area contributed by atoms with Gasteiger partial charge in [0, 0.05) is 11.4 Å². The summed E-state index contributed by atoms with van der Waals surface area (Å²) in [5.74, 6) is 0.960. The Hall–Kier alpha value is -3.22. The Balaban J connectivity index is 1.63. The van der Waals surface area contributed by atoms with E-state index in [1.807, 2.05) is 0 Å². The maximum atomic E-state index is 12.4. The molecule has 3 rings (SSSR count). The van der Waals surface area contributed by atoms with Gasteiger partial charge in [-0.3, -0.25) is 9.59 Å². The van der Waals surface area contributed by atoms with Gasteiger partial charge in [-0.1, -0.05) is 0 Å². The fourth-order valence-corrected chi connectivity index (χ4v) is 2.54. The van der Waals surface area contributed by atoms with Crippen molar-refractivity contribution in [1.82, 2.24) is 0 Å². The Morgan fingerprint density at radius 1 is 1.19 bits per heavy atom. The van der Waals surface area contributed by atoms with Crippen LogP contribution in [0.4, 0.5) is 17.1 Å². The molecule has 26 heavy (non-hydrogen) atoms. The molecule has 2 atom stereocenters. The summed E-state index contributed by atoms with van der Waals surface area (Å²) in [6.45, 7) is 3.45. The second-order valence-corrected chi connectivity index (χ2v) is 6.04. The minimum Gasteiger partial charge on any atom is -0.497 e. The predicted molar refractivity (Wildman–Crippen MR) is 99.9 cm³/mol. The van der Waals surface area contributed by atoms with Crippen LogP contribution in [0.15, 0.2) is 42.5 Å². The molecule has 1 heterocycles. The van der Waals surface area contributed by atoms with E-state index in [9.17, 15) is 9.59 Å². The number of amides is 2. The summed E-state index contributed by atoms with van der Waals surface area (Å²) in [6.07, 6.45) is -0.518. The van der Waals surface area contributed by atoms with Gasteiger partial charge in [0.15, 0.2) is 6.10 Å². The minimum absolute atomic E-state index is 0.179. The number of hydrogen-bond acceptors (Lipinski definition) is 5. The van der Waals surface area contributed by atoms with E-state index in [-0.39, 0.29) is 11.8 Å². The second kappa shape index (κ2) is 7.35. The first-order chi connectivity index (χ1) is 12.5. The van der Waals surface area contributed by atoms with Gasteiger partial charge < -0.3 is 25.4 Å². The number of nitrogens with one attached hydrogen (secondary N) is 3. The summed E-state index contributed by atoms with van der Waals surface area (Å²) >= 11 is 0. The molecule has 1 aliphatic heterocycles. The largest absolute Gasteiger partial charge is 0.497 e. The molecule has 7 nitrogen and oxygen atoms in total. The summed E-state index contributed by atoms with van der Waals surface area (Å²) in [4.78, 5) is 24.1. The molecule has 0 radical (unpaired) electrons. The molecular weight excluding hydrogens is 334 g/mol. The van der Waals surface area contributed by atoms with Gasteiger partial charge in [-0.15, -0.1) is 0 Å². The number of ether oxygens (including phenoxy) is 2. The zero-order chi connectivity index (χ0) is 18.7. The van der Waals surface area contributed by atoms with E-state index in [4.69, 9.17) is 9.47 Å². The first-order valence-corrected chi connectivity index (χ1v) is 8.29. The van der Waals surface area contributed by atoms with Gasteiger partial charge in [-0.2, -0.15) is 0 Å². The van der Waals surface area contributed by atoms with E-state index in [1.165, 1.54) is 0 Å². The Morgan fingerprint density at radius 3 is 2.58 bits per heavy atom. The van der Waals surface area contributed by atoms with Crippen LogP contribution in [0.25, 0.3) is 0 Å². The van der Waals surface area contributed by atoms with Gasteiger partial charge in [0.25, 0.3) is 5.91 Å². The van der Waals surface area contributed by atoms with E-state index in [1.54, 1.807) is 63.4 Å². The van der Waals surface area contributed by atoms with Crippen molar-refractivity contribution in [3.63, 3.8) is 0 Å². The van der Waals surface area contributed by atoms with Crippen molar-refractivity contribution in [2.24, 2.45) is 0 Å². The van der Waals surface area contributed by atoms with Gasteiger partial charge in [-0.25, -0.2) is 0 Å². The predicted octanol–water partition coefficient (Wildman–Crippen LogP) is 2.85. The molecule has 0 saturated heterocycles. The number of carbonyl (C=O) groups excluding carboxylic acids is 2. The lowest BCUT2D eigenvalue weighted by atomic mass is 10.2. The Morgan fingerprint density at radius 2 is 1.88 bits per heavy atom. The highest BCUT2D eigenvalue weighted by Crippen LogP contribution is 2.32. The van der Waals surface area contributed by atoms with Crippen molar-refractivity contribution >= 4 is 28.9 Å². The quantitative estimate of drug-likeness (QED) is 0.767. The van der Waals surface area contributed by atoms with Crippen molar-refractivity contribution in [2.45, 2.75) is 26.0 Å². The third-order valence-electron chi connectivity index (χ3n) is 4.04. The van der Waals surface area contributed by atoms with Crippen LogP contribution in [0.2, 0.25) is 0 Å². The van der Waals surface area contributed by atoms with Crippen LogP contribution in [0, 0.1) is 0 Å². The molecule has 1 aliphatic rings. The van der Waals surface area contributed by atoms with Gasteiger partial charge in [0.05, 0.1) is 12.8 Å². The summed E-state index contributed by atoms with van der Waals surface area (Å²) in [7, 11) is 1.59. The van der Waals surface area contributed by atoms with Gasteiger partial charge in [0.1, 0.15) is 17.5 Å². The lowest BCUT2D eigenvalue weighted by Crippen LogP contribution is -2.34. The number of carbonyl (C=O) groups is 2. The monoisotopic (exact) mass is 355 g/mol. The molecule has 0 saturated carbocycles. The Bertz CT molecular complexity index is 820. The minimum atomic E-state index is -0.518. The van der Waals surface area contributed by atoms with Crippen molar-refractivity contribution in [2.75, 3.05) is 23.1 Å². The molecule has 0 bridgehead atoms. The molecule has 0 aliphatic carbocycles. The molecule has 2 amide bonds. The Labute approximate surface area is 151 Å². The van der Waals surface area contributed by atoms with Crippen LogP contribution in [-0.2, 0) is 9.59 Å². The van der Waals surface area contributed by atoms with E-state index in [0.29, 0.717) is 22.8 Å². The van der Waals surface area contributed by atoms with E-state index < -0.39 is 12.1 Å². The SMILES string of the molecule is COc1ccc(NC(=O)C(C)Nc2ccc3c(c2)NC(=O)C(C)O3)cc1. The third kappa shape index (κ3) is 3.88. The molecule has 2 unspecified atom stereocenters. The molecule has 7 heteroatoms. The zero-order valence-electron chi connectivity index (χ0n) is 14.8. The number of methoxy groups -OCH3 is 1. The maximum absolute atomic E-state index is 12.4. The number of rotatable bonds is 5. The fourth-order valence-electron chi connectivity index (χ4n) is 2.54. The smallest absolute Gasteiger partial charge is 0.265 e. The topological polar surface area (TPSA) is 88.7 Å².